The molecule has 0 fully saturated rings. The molecule has 0 aliphatic rings. The van der Waals surface area contributed by atoms with Crippen LogP contribution >= 0.6 is 0 Å². The van der Waals surface area contributed by atoms with Gasteiger partial charge in [-0.3, -0.25) is 0 Å². The summed E-state index contributed by atoms with van der Waals surface area (Å²) in [7, 11) is -1.54. The third-order valence-electron chi connectivity index (χ3n) is 3.05. The average molecular weight is 301 g/mol. The molecule has 0 bridgehead atoms. The molecule has 0 aliphatic heterocycles. The molecule has 0 radical (unpaired) electrons. The lowest BCUT2D eigenvalue weighted by Crippen LogP contribution is -2.22. The maximum absolute atomic E-state index is 11.7. The minimum atomic E-state index is -3.10. The predicted molar refractivity (Wildman–Crippen MR) is 80.0 cm³/mol. The molecular weight excluding hydrogens is 278 g/mol. The summed E-state index contributed by atoms with van der Waals surface area (Å²) in [6.07, 6.45) is 0. The second-order valence-electron chi connectivity index (χ2n) is 4.96. The Morgan fingerprint density at radius 3 is 2.40 bits per heavy atom. The molecule has 0 heterocycles. The Labute approximate surface area is 121 Å². The van der Waals surface area contributed by atoms with Gasteiger partial charge in [-0.25, -0.2) is 8.42 Å². The zero-order valence-electron chi connectivity index (χ0n) is 12.4. The molecule has 0 amide bonds. The summed E-state index contributed by atoms with van der Waals surface area (Å²) >= 11 is 0. The molecule has 5 nitrogen and oxygen atoms in total. The third kappa shape index (κ3) is 4.38. The quantitative estimate of drug-likeness (QED) is 0.832. The van der Waals surface area contributed by atoms with E-state index in [1.807, 2.05) is 13.0 Å². The van der Waals surface area contributed by atoms with Crippen LogP contribution in [0.15, 0.2) is 18.2 Å². The van der Waals surface area contributed by atoms with Gasteiger partial charge in [-0.05, 0) is 26.8 Å². The minimum absolute atomic E-state index is 0.0136. The van der Waals surface area contributed by atoms with Gasteiger partial charge in [0, 0.05) is 17.7 Å². The summed E-state index contributed by atoms with van der Waals surface area (Å²) in [6, 6.07) is 5.16. The number of rotatable bonds is 7. The molecule has 20 heavy (non-hydrogen) atoms. The molecule has 0 aliphatic carbocycles. The zero-order chi connectivity index (χ0) is 15.3. The highest BCUT2D eigenvalue weighted by Crippen LogP contribution is 2.28. The van der Waals surface area contributed by atoms with Crippen LogP contribution in [-0.2, 0) is 9.84 Å². The summed E-state index contributed by atoms with van der Waals surface area (Å²) in [5, 5.41) is -0.399. The van der Waals surface area contributed by atoms with Crippen LogP contribution in [0.5, 0.6) is 11.5 Å². The highest BCUT2D eigenvalue weighted by Gasteiger charge is 2.17. The third-order valence-corrected chi connectivity index (χ3v) is 5.23. The van der Waals surface area contributed by atoms with E-state index in [-0.39, 0.29) is 18.4 Å². The van der Waals surface area contributed by atoms with Crippen LogP contribution < -0.4 is 15.2 Å². The molecule has 6 heteroatoms. The fourth-order valence-corrected chi connectivity index (χ4v) is 2.43. The molecular formula is C14H23NO4S. The van der Waals surface area contributed by atoms with Gasteiger partial charge in [0.05, 0.1) is 18.1 Å². The normalized spacial score (nSPS) is 13.3. The van der Waals surface area contributed by atoms with Crippen LogP contribution in [0.1, 0.15) is 32.4 Å². The van der Waals surface area contributed by atoms with Gasteiger partial charge < -0.3 is 15.2 Å². The topological polar surface area (TPSA) is 78.6 Å². The van der Waals surface area contributed by atoms with Gasteiger partial charge in [-0.15, -0.1) is 0 Å². The maximum atomic E-state index is 11.7. The SMILES string of the molecule is COc1ccc(C(C)N)c(OCCS(=O)(=O)C(C)C)c1. The Kier molecular flexibility index (Phi) is 5.83. The Hall–Kier alpha value is -1.27. The summed E-state index contributed by atoms with van der Waals surface area (Å²) < 4.78 is 34.2. The first kappa shape index (κ1) is 16.8. The van der Waals surface area contributed by atoms with E-state index in [4.69, 9.17) is 15.2 Å². The van der Waals surface area contributed by atoms with E-state index in [0.29, 0.717) is 11.5 Å². The van der Waals surface area contributed by atoms with Crippen molar-refractivity contribution < 1.29 is 17.9 Å². The Bertz CT molecular complexity index is 538. The lowest BCUT2D eigenvalue weighted by Gasteiger charge is -2.15. The fraction of sp³-hybridized carbons (Fsp3) is 0.571. The van der Waals surface area contributed by atoms with Crippen LogP contribution in [0.25, 0.3) is 0 Å². The first-order chi connectivity index (χ1) is 9.27. The van der Waals surface area contributed by atoms with Gasteiger partial charge >= 0.3 is 0 Å². The first-order valence-corrected chi connectivity index (χ1v) is 8.27. The van der Waals surface area contributed by atoms with Gasteiger partial charge in [0.2, 0.25) is 0 Å². The second-order valence-corrected chi connectivity index (χ2v) is 7.63. The smallest absolute Gasteiger partial charge is 0.155 e. The second kappa shape index (κ2) is 6.95. The van der Waals surface area contributed by atoms with E-state index in [9.17, 15) is 8.42 Å². The molecule has 1 atom stereocenters. The summed E-state index contributed by atoms with van der Waals surface area (Å²) in [5.74, 6) is 1.20. The van der Waals surface area contributed by atoms with Crippen molar-refractivity contribution in [1.82, 2.24) is 0 Å². The minimum Gasteiger partial charge on any atom is -0.497 e. The lowest BCUT2D eigenvalue weighted by atomic mass is 10.1. The molecule has 114 valence electrons. The molecule has 1 unspecified atom stereocenters. The number of benzene rings is 1. The Morgan fingerprint density at radius 2 is 1.90 bits per heavy atom. The molecule has 0 spiro atoms. The molecule has 0 saturated carbocycles. The van der Waals surface area contributed by atoms with Crippen LogP contribution in [-0.4, -0.2) is 33.1 Å². The predicted octanol–water partition coefficient (Wildman–Crippen LogP) is 1.92. The highest BCUT2D eigenvalue weighted by atomic mass is 32.2. The number of ether oxygens (including phenoxy) is 2. The van der Waals surface area contributed by atoms with Crippen molar-refractivity contribution in [3.05, 3.63) is 23.8 Å². The summed E-state index contributed by atoms with van der Waals surface area (Å²) in [5.41, 5.74) is 6.70. The Balaban J connectivity index is 2.81. The van der Waals surface area contributed by atoms with E-state index in [1.165, 1.54) is 0 Å². The van der Waals surface area contributed by atoms with Crippen molar-refractivity contribution in [3.8, 4) is 11.5 Å². The van der Waals surface area contributed by atoms with Crippen LogP contribution in [0, 0.1) is 0 Å². The summed E-state index contributed by atoms with van der Waals surface area (Å²) in [6.45, 7) is 5.27. The van der Waals surface area contributed by atoms with Gasteiger partial charge in [0.1, 0.15) is 18.1 Å². The lowest BCUT2D eigenvalue weighted by molar-refractivity contribution is 0.331. The van der Waals surface area contributed by atoms with E-state index in [1.54, 1.807) is 33.1 Å². The first-order valence-electron chi connectivity index (χ1n) is 6.55. The number of hydrogen-bond donors (Lipinski definition) is 1. The van der Waals surface area contributed by atoms with Gasteiger partial charge in [0.25, 0.3) is 0 Å². The maximum Gasteiger partial charge on any atom is 0.155 e. The standard InChI is InChI=1S/C14H23NO4S/c1-10(2)20(16,17)8-7-19-14-9-12(18-4)5-6-13(14)11(3)15/h5-6,9-11H,7-8,15H2,1-4H3. The van der Waals surface area contributed by atoms with Crippen molar-refractivity contribution in [2.45, 2.75) is 32.1 Å². The largest absolute Gasteiger partial charge is 0.497 e. The van der Waals surface area contributed by atoms with Crippen molar-refractivity contribution in [2.75, 3.05) is 19.5 Å². The van der Waals surface area contributed by atoms with Crippen molar-refractivity contribution in [2.24, 2.45) is 5.73 Å². The van der Waals surface area contributed by atoms with Gasteiger partial charge in [-0.2, -0.15) is 0 Å². The van der Waals surface area contributed by atoms with E-state index in [2.05, 4.69) is 0 Å². The average Bonchev–Trinajstić information content (AvgIpc) is 2.37. The zero-order valence-corrected chi connectivity index (χ0v) is 13.2. The van der Waals surface area contributed by atoms with E-state index < -0.39 is 15.1 Å². The number of nitrogens with two attached hydrogens (primary N) is 1. The van der Waals surface area contributed by atoms with Crippen LogP contribution in [0.3, 0.4) is 0 Å². The molecule has 1 aromatic carbocycles. The van der Waals surface area contributed by atoms with Gasteiger partial charge in [0.15, 0.2) is 9.84 Å². The monoisotopic (exact) mass is 301 g/mol. The molecule has 1 aromatic rings. The van der Waals surface area contributed by atoms with Crippen molar-refractivity contribution >= 4 is 9.84 Å². The van der Waals surface area contributed by atoms with Crippen LogP contribution in [0.4, 0.5) is 0 Å². The molecule has 1 rings (SSSR count). The highest BCUT2D eigenvalue weighted by molar-refractivity contribution is 7.91. The molecule has 0 saturated heterocycles. The number of sulfone groups is 1. The van der Waals surface area contributed by atoms with E-state index in [0.717, 1.165) is 5.56 Å². The summed E-state index contributed by atoms with van der Waals surface area (Å²) in [4.78, 5) is 0. The van der Waals surface area contributed by atoms with Crippen molar-refractivity contribution in [3.63, 3.8) is 0 Å². The molecule has 0 aromatic heterocycles. The Morgan fingerprint density at radius 1 is 1.25 bits per heavy atom. The number of hydrogen-bond acceptors (Lipinski definition) is 5. The van der Waals surface area contributed by atoms with Crippen molar-refractivity contribution in [1.29, 1.82) is 0 Å². The fourth-order valence-electron chi connectivity index (χ4n) is 1.65. The van der Waals surface area contributed by atoms with Crippen LogP contribution in [0.2, 0.25) is 0 Å². The van der Waals surface area contributed by atoms with E-state index >= 15 is 0 Å². The number of methoxy groups -OCH3 is 1. The van der Waals surface area contributed by atoms with Gasteiger partial charge in [-0.1, -0.05) is 6.07 Å². The molecule has 2 N–H and O–H groups in total.